The standard InChI is InChI=1S/C33H48N2O14S/c1-20(2)26(37)45-16-32(9,17-46-27(38)21(3)4)34-30(41)44-14-24(15-50-13-12-25(36)43-11)49-31(42)35-33(10,18-47-28(39)22(5)6)19-48-29(40)23(7)8/h24H,1,3,5,7,12-19H2,2,4,6,8-11H3,(H,34,41)(H,35,42). The van der Waals surface area contributed by atoms with Crippen molar-refractivity contribution in [2.24, 2.45) is 0 Å². The minimum absolute atomic E-state index is 0.0351. The first-order chi connectivity index (χ1) is 23.1. The molecule has 0 aromatic carbocycles. The fourth-order valence-corrected chi connectivity index (χ4v) is 3.99. The molecule has 1 unspecified atom stereocenters. The lowest BCUT2D eigenvalue weighted by molar-refractivity contribution is -0.147. The summed E-state index contributed by atoms with van der Waals surface area (Å²) in [7, 11) is 1.24. The number of hydrogen-bond acceptors (Lipinski definition) is 15. The second-order valence-electron chi connectivity index (χ2n) is 11.8. The lowest BCUT2D eigenvalue weighted by Crippen LogP contribution is -2.55. The van der Waals surface area contributed by atoms with Gasteiger partial charge in [-0.2, -0.15) is 11.8 Å². The topological polar surface area (TPSA) is 208 Å². The first-order valence-electron chi connectivity index (χ1n) is 15.0. The van der Waals surface area contributed by atoms with Crippen molar-refractivity contribution in [2.45, 2.75) is 65.1 Å². The zero-order chi connectivity index (χ0) is 38.7. The molecule has 0 radical (unpaired) electrons. The fourth-order valence-electron chi connectivity index (χ4n) is 3.09. The van der Waals surface area contributed by atoms with E-state index >= 15 is 0 Å². The first-order valence-corrected chi connectivity index (χ1v) is 16.2. The Hall–Kier alpha value is -4.80. The Morgan fingerprint density at radius 1 is 0.620 bits per heavy atom. The molecular weight excluding hydrogens is 680 g/mol. The summed E-state index contributed by atoms with van der Waals surface area (Å²) in [6, 6.07) is 0. The van der Waals surface area contributed by atoms with Crippen LogP contribution in [0.1, 0.15) is 48.0 Å². The van der Waals surface area contributed by atoms with E-state index in [1.807, 2.05) is 0 Å². The Morgan fingerprint density at radius 2 is 0.980 bits per heavy atom. The van der Waals surface area contributed by atoms with Gasteiger partial charge in [-0.15, -0.1) is 0 Å². The number of rotatable bonds is 22. The van der Waals surface area contributed by atoms with Gasteiger partial charge in [-0.1, -0.05) is 26.3 Å². The van der Waals surface area contributed by atoms with Gasteiger partial charge in [-0.25, -0.2) is 28.8 Å². The summed E-state index contributed by atoms with van der Waals surface area (Å²) in [5, 5.41) is 4.98. The number of carbonyl (C=O) groups is 7. The molecule has 0 saturated carbocycles. The maximum atomic E-state index is 13.1. The van der Waals surface area contributed by atoms with Gasteiger partial charge in [0.1, 0.15) is 50.2 Å². The molecule has 0 rings (SSSR count). The van der Waals surface area contributed by atoms with Gasteiger partial charge in [0.2, 0.25) is 0 Å². The van der Waals surface area contributed by atoms with Gasteiger partial charge in [-0.05, 0) is 41.5 Å². The zero-order valence-electron chi connectivity index (χ0n) is 29.7. The van der Waals surface area contributed by atoms with Crippen LogP contribution in [0.4, 0.5) is 9.59 Å². The Morgan fingerprint density at radius 3 is 1.32 bits per heavy atom. The SMILES string of the molecule is C=C(C)C(=O)OCC(C)(COC(=O)C(=C)C)NC(=O)OCC(CSCCC(=O)OC)OC(=O)NC(C)(COC(=O)C(=C)C)COC(=O)C(=C)C. The maximum Gasteiger partial charge on any atom is 0.408 e. The summed E-state index contributed by atoms with van der Waals surface area (Å²) in [6.07, 6.45) is -3.18. The van der Waals surface area contributed by atoms with Gasteiger partial charge >= 0.3 is 42.0 Å². The van der Waals surface area contributed by atoms with E-state index in [2.05, 4.69) is 41.7 Å². The Kier molecular flexibility index (Phi) is 19.9. The van der Waals surface area contributed by atoms with Crippen molar-refractivity contribution in [3.05, 3.63) is 48.6 Å². The quantitative estimate of drug-likeness (QED) is 0.0711. The van der Waals surface area contributed by atoms with Crippen LogP contribution < -0.4 is 10.6 Å². The summed E-state index contributed by atoms with van der Waals surface area (Å²) >= 11 is 1.19. The van der Waals surface area contributed by atoms with E-state index in [-0.39, 0.29) is 40.2 Å². The molecule has 0 bridgehead atoms. The van der Waals surface area contributed by atoms with Crippen LogP contribution >= 0.6 is 11.8 Å². The van der Waals surface area contributed by atoms with E-state index in [1.54, 1.807) is 0 Å². The number of hydrogen-bond donors (Lipinski definition) is 2. The fraction of sp³-hybridized carbons (Fsp3) is 0.545. The van der Waals surface area contributed by atoms with Crippen LogP contribution in [-0.4, -0.2) is 111 Å². The van der Waals surface area contributed by atoms with Gasteiger partial charge in [0.05, 0.1) is 13.5 Å². The summed E-state index contributed by atoms with van der Waals surface area (Å²) in [4.78, 5) is 85.6. The molecule has 0 heterocycles. The summed E-state index contributed by atoms with van der Waals surface area (Å²) in [5.41, 5.74) is -2.59. The van der Waals surface area contributed by atoms with Crippen molar-refractivity contribution in [2.75, 3.05) is 51.6 Å². The molecule has 0 aliphatic heterocycles. The number of carbonyl (C=O) groups excluding carboxylic acids is 7. The smallest absolute Gasteiger partial charge is 0.408 e. The van der Waals surface area contributed by atoms with Crippen molar-refractivity contribution >= 4 is 53.8 Å². The van der Waals surface area contributed by atoms with E-state index < -0.39 is 92.2 Å². The number of esters is 5. The van der Waals surface area contributed by atoms with Crippen LogP contribution in [-0.2, 0) is 57.1 Å². The maximum absolute atomic E-state index is 13.1. The molecule has 0 fully saturated rings. The van der Waals surface area contributed by atoms with Gasteiger partial charge < -0.3 is 43.8 Å². The average Bonchev–Trinajstić information content (AvgIpc) is 3.04. The second kappa shape index (κ2) is 22.0. The molecular formula is C33H48N2O14S. The van der Waals surface area contributed by atoms with Crippen LogP contribution in [0.25, 0.3) is 0 Å². The third-order valence-electron chi connectivity index (χ3n) is 5.94. The molecule has 0 aliphatic rings. The van der Waals surface area contributed by atoms with Crippen LogP contribution in [0, 0.1) is 0 Å². The van der Waals surface area contributed by atoms with Crippen molar-refractivity contribution in [1.82, 2.24) is 10.6 Å². The van der Waals surface area contributed by atoms with Crippen molar-refractivity contribution in [1.29, 1.82) is 0 Å². The van der Waals surface area contributed by atoms with E-state index in [1.165, 1.54) is 60.4 Å². The first kappa shape index (κ1) is 45.2. The van der Waals surface area contributed by atoms with E-state index in [0.717, 1.165) is 0 Å². The molecule has 2 N–H and O–H groups in total. The highest BCUT2D eigenvalue weighted by Crippen LogP contribution is 2.14. The minimum atomic E-state index is -1.49. The second-order valence-corrected chi connectivity index (χ2v) is 13.0. The number of ether oxygens (including phenoxy) is 7. The van der Waals surface area contributed by atoms with E-state index in [4.69, 9.17) is 28.4 Å². The molecule has 0 aromatic rings. The number of thioether (sulfide) groups is 1. The predicted octanol–water partition coefficient (Wildman–Crippen LogP) is 3.10. The number of amides is 2. The van der Waals surface area contributed by atoms with Gasteiger partial charge in [0.25, 0.3) is 0 Å². The lowest BCUT2D eigenvalue weighted by Gasteiger charge is -2.31. The zero-order valence-corrected chi connectivity index (χ0v) is 30.5. The van der Waals surface area contributed by atoms with Crippen molar-refractivity contribution < 1.29 is 66.7 Å². The van der Waals surface area contributed by atoms with Gasteiger partial charge in [-0.3, -0.25) is 4.79 Å². The number of alkyl carbamates (subject to hydrolysis) is 2. The average molecular weight is 729 g/mol. The van der Waals surface area contributed by atoms with Crippen molar-refractivity contribution in [3.8, 4) is 0 Å². The lowest BCUT2D eigenvalue weighted by atomic mass is 10.1. The van der Waals surface area contributed by atoms with Gasteiger partial charge in [0, 0.05) is 33.8 Å². The molecule has 0 saturated heterocycles. The van der Waals surface area contributed by atoms with Crippen molar-refractivity contribution in [3.63, 3.8) is 0 Å². The molecule has 16 nitrogen and oxygen atoms in total. The largest absolute Gasteiger partial charge is 0.469 e. The van der Waals surface area contributed by atoms with E-state index in [9.17, 15) is 33.6 Å². The van der Waals surface area contributed by atoms with Crippen LogP contribution in [0.5, 0.6) is 0 Å². The normalized spacial score (nSPS) is 11.4. The Bertz CT molecular complexity index is 1270. The highest BCUT2D eigenvalue weighted by Gasteiger charge is 2.34. The third kappa shape index (κ3) is 19.3. The Balaban J connectivity index is 5.87. The minimum Gasteiger partial charge on any atom is -0.469 e. The van der Waals surface area contributed by atoms with Crippen LogP contribution in [0.3, 0.4) is 0 Å². The number of methoxy groups -OCH3 is 1. The molecule has 280 valence electrons. The highest BCUT2D eigenvalue weighted by atomic mass is 32.2. The molecule has 2 amide bonds. The van der Waals surface area contributed by atoms with Crippen LogP contribution in [0.2, 0.25) is 0 Å². The third-order valence-corrected chi connectivity index (χ3v) is 7.05. The molecule has 50 heavy (non-hydrogen) atoms. The van der Waals surface area contributed by atoms with Gasteiger partial charge in [0.15, 0.2) is 0 Å². The molecule has 0 spiro atoms. The molecule has 0 aliphatic carbocycles. The molecule has 1 atom stereocenters. The Labute approximate surface area is 296 Å². The monoisotopic (exact) mass is 728 g/mol. The predicted molar refractivity (Wildman–Crippen MR) is 182 cm³/mol. The summed E-state index contributed by atoms with van der Waals surface area (Å²) in [6.45, 7) is 20.3. The molecule has 17 heteroatoms. The summed E-state index contributed by atoms with van der Waals surface area (Å²) < 4.78 is 36.1. The summed E-state index contributed by atoms with van der Waals surface area (Å²) in [5.74, 6) is -3.18. The van der Waals surface area contributed by atoms with E-state index in [0.29, 0.717) is 0 Å². The molecule has 0 aromatic heterocycles. The van der Waals surface area contributed by atoms with Crippen LogP contribution in [0.15, 0.2) is 48.6 Å². The number of nitrogens with one attached hydrogen (secondary N) is 2. The highest BCUT2D eigenvalue weighted by molar-refractivity contribution is 7.99.